The zero-order valence-electron chi connectivity index (χ0n) is 14.9. The third kappa shape index (κ3) is 2.47. The second-order valence-electron chi connectivity index (χ2n) is 6.96. The third-order valence-electron chi connectivity index (χ3n) is 5.21. The van der Waals surface area contributed by atoms with Gasteiger partial charge in [-0.2, -0.15) is 0 Å². The van der Waals surface area contributed by atoms with Crippen LogP contribution in [0.3, 0.4) is 0 Å². The number of para-hydroxylation sites is 1. The van der Waals surface area contributed by atoms with Gasteiger partial charge in [-0.15, -0.1) is 0 Å². The summed E-state index contributed by atoms with van der Waals surface area (Å²) < 4.78 is 4.88. The number of hydrogen-bond donors (Lipinski definition) is 3. The summed E-state index contributed by atoms with van der Waals surface area (Å²) in [5.74, 6) is -0.344. The highest BCUT2D eigenvalue weighted by atomic mass is 16.5. The Morgan fingerprint density at radius 2 is 2.04 bits per heavy atom. The van der Waals surface area contributed by atoms with Crippen molar-refractivity contribution < 1.29 is 14.6 Å². The lowest BCUT2D eigenvalue weighted by atomic mass is 9.80. The molecule has 5 heteroatoms. The molecule has 0 fully saturated rings. The van der Waals surface area contributed by atoms with Gasteiger partial charge in [-0.3, -0.25) is 0 Å². The number of nitrogens with one attached hydrogen (secondary N) is 2. The summed E-state index contributed by atoms with van der Waals surface area (Å²) in [7, 11) is 1.39. The first-order valence-corrected chi connectivity index (χ1v) is 8.80. The van der Waals surface area contributed by atoms with E-state index in [1.807, 2.05) is 24.3 Å². The molecule has 0 aliphatic carbocycles. The average Bonchev–Trinajstić information content (AvgIpc) is 3.06. The minimum absolute atomic E-state index is 0.143. The van der Waals surface area contributed by atoms with Crippen molar-refractivity contribution in [2.45, 2.75) is 25.3 Å². The van der Waals surface area contributed by atoms with Crippen LogP contribution in [0.4, 0.5) is 5.69 Å². The number of H-pyrrole nitrogens is 1. The molecule has 0 spiro atoms. The maximum Gasteiger partial charge on any atom is 0.337 e. The minimum atomic E-state index is -0.348. The van der Waals surface area contributed by atoms with Crippen molar-refractivity contribution in [2.75, 3.05) is 19.0 Å². The number of rotatable bonds is 4. The summed E-state index contributed by atoms with van der Waals surface area (Å²) in [6, 6.07) is 13.8. The van der Waals surface area contributed by atoms with Crippen LogP contribution >= 0.6 is 0 Å². The van der Waals surface area contributed by atoms with E-state index in [0.717, 1.165) is 39.8 Å². The van der Waals surface area contributed by atoms with Crippen LogP contribution < -0.4 is 5.32 Å². The largest absolute Gasteiger partial charge is 0.465 e. The second-order valence-corrected chi connectivity index (χ2v) is 6.96. The molecule has 2 aromatic carbocycles. The smallest absolute Gasteiger partial charge is 0.337 e. The van der Waals surface area contributed by atoms with E-state index in [1.54, 1.807) is 6.07 Å². The fraction of sp³-hybridized carbons (Fsp3) is 0.286. The second kappa shape index (κ2) is 6.18. The summed E-state index contributed by atoms with van der Waals surface area (Å²) in [4.78, 5) is 15.5. The predicted octanol–water partition coefficient (Wildman–Crippen LogP) is 4.03. The predicted molar refractivity (Wildman–Crippen MR) is 102 cm³/mol. The Labute approximate surface area is 152 Å². The van der Waals surface area contributed by atoms with Crippen LogP contribution in [0.25, 0.3) is 22.2 Å². The van der Waals surface area contributed by atoms with Crippen molar-refractivity contribution in [3.8, 4) is 11.3 Å². The zero-order chi connectivity index (χ0) is 18.3. The summed E-state index contributed by atoms with van der Waals surface area (Å²) in [5, 5.41) is 14.0. The van der Waals surface area contributed by atoms with E-state index in [1.165, 1.54) is 7.11 Å². The van der Waals surface area contributed by atoms with Gasteiger partial charge >= 0.3 is 5.97 Å². The van der Waals surface area contributed by atoms with E-state index < -0.39 is 0 Å². The van der Waals surface area contributed by atoms with E-state index in [9.17, 15) is 9.90 Å². The van der Waals surface area contributed by atoms with Gasteiger partial charge in [0, 0.05) is 34.3 Å². The minimum Gasteiger partial charge on any atom is -0.465 e. The van der Waals surface area contributed by atoms with Gasteiger partial charge in [-0.1, -0.05) is 18.2 Å². The first-order valence-electron chi connectivity index (χ1n) is 8.80. The van der Waals surface area contributed by atoms with Crippen LogP contribution in [0.1, 0.15) is 35.7 Å². The normalized spacial score (nSPS) is 18.1. The molecular weight excluding hydrogens is 328 g/mol. The molecule has 26 heavy (non-hydrogen) atoms. The maximum atomic E-state index is 12.0. The van der Waals surface area contributed by atoms with Gasteiger partial charge < -0.3 is 20.1 Å². The molecule has 0 bridgehead atoms. The third-order valence-corrected chi connectivity index (χ3v) is 5.21. The van der Waals surface area contributed by atoms with E-state index in [2.05, 4.69) is 29.4 Å². The van der Waals surface area contributed by atoms with Crippen LogP contribution in [0.15, 0.2) is 42.5 Å². The number of ether oxygens (including phenoxy) is 1. The number of aliphatic hydroxyl groups excluding tert-OH is 1. The Morgan fingerprint density at radius 1 is 1.23 bits per heavy atom. The molecule has 1 aliphatic rings. The number of carbonyl (C=O) groups excluding carboxylic acids is 1. The maximum absolute atomic E-state index is 12.0. The molecule has 0 amide bonds. The molecule has 0 saturated heterocycles. The average molecular weight is 350 g/mol. The van der Waals surface area contributed by atoms with Gasteiger partial charge in [0.05, 0.1) is 23.9 Å². The highest BCUT2D eigenvalue weighted by molar-refractivity contribution is 6.01. The van der Waals surface area contributed by atoms with Crippen molar-refractivity contribution in [1.82, 2.24) is 4.98 Å². The molecule has 1 atom stereocenters. The van der Waals surface area contributed by atoms with E-state index in [0.29, 0.717) is 12.0 Å². The van der Waals surface area contributed by atoms with Gasteiger partial charge in [0.25, 0.3) is 0 Å². The van der Waals surface area contributed by atoms with Gasteiger partial charge in [0.2, 0.25) is 0 Å². The zero-order valence-corrected chi connectivity index (χ0v) is 14.9. The molecule has 1 aromatic heterocycles. The Bertz CT molecular complexity index is 992. The summed E-state index contributed by atoms with van der Waals surface area (Å²) in [6.45, 7) is 2.29. The van der Waals surface area contributed by atoms with Crippen molar-refractivity contribution in [2.24, 2.45) is 0 Å². The molecule has 1 aliphatic heterocycles. The number of aliphatic hydroxyl groups is 1. The summed E-state index contributed by atoms with van der Waals surface area (Å²) in [6.07, 6.45) is 1.47. The lowest BCUT2D eigenvalue weighted by molar-refractivity contribution is 0.0601. The Balaban J connectivity index is 1.99. The van der Waals surface area contributed by atoms with Crippen LogP contribution in [-0.2, 0) is 10.3 Å². The number of benzene rings is 2. The van der Waals surface area contributed by atoms with E-state index >= 15 is 0 Å². The fourth-order valence-electron chi connectivity index (χ4n) is 4.00. The number of aromatic amines is 1. The molecule has 5 nitrogen and oxygen atoms in total. The molecule has 3 N–H and O–H groups in total. The highest BCUT2D eigenvalue weighted by Crippen LogP contribution is 2.48. The first-order chi connectivity index (χ1) is 12.6. The van der Waals surface area contributed by atoms with Crippen LogP contribution in [0.2, 0.25) is 0 Å². The molecule has 0 radical (unpaired) electrons. The van der Waals surface area contributed by atoms with Gasteiger partial charge in [-0.05, 0) is 44.0 Å². The van der Waals surface area contributed by atoms with Crippen LogP contribution in [0.5, 0.6) is 0 Å². The monoisotopic (exact) mass is 350 g/mol. The molecule has 2 heterocycles. The molecule has 4 rings (SSSR count). The first kappa shape index (κ1) is 16.7. The van der Waals surface area contributed by atoms with Crippen molar-refractivity contribution in [3.05, 3.63) is 53.6 Å². The van der Waals surface area contributed by atoms with E-state index in [-0.39, 0.29) is 18.1 Å². The molecule has 134 valence electrons. The molecule has 1 unspecified atom stereocenters. The van der Waals surface area contributed by atoms with Crippen LogP contribution in [0, 0.1) is 0 Å². The number of esters is 1. The Hall–Kier alpha value is -2.79. The van der Waals surface area contributed by atoms with Gasteiger partial charge in [0.15, 0.2) is 0 Å². The molecule has 3 aromatic rings. The number of anilines is 1. The van der Waals surface area contributed by atoms with Gasteiger partial charge in [0.1, 0.15) is 0 Å². The standard InChI is InChI=1S/C21H22N2O3/c1-21(10-5-11-24)18-15-12-13(20(25)26-2)8-9-16(15)22-19(18)14-6-3-4-7-17(14)23-21/h3-4,6-9,12,22-24H,5,10-11H2,1-2H3. The highest BCUT2D eigenvalue weighted by Gasteiger charge is 2.37. The van der Waals surface area contributed by atoms with Crippen LogP contribution in [-0.4, -0.2) is 29.8 Å². The molecular formula is C21H22N2O3. The van der Waals surface area contributed by atoms with Crippen molar-refractivity contribution in [3.63, 3.8) is 0 Å². The SMILES string of the molecule is COC(=O)c1ccc2[nH]c3c(c2c1)C(C)(CCCO)Nc1ccccc1-3. The van der Waals surface area contributed by atoms with E-state index in [4.69, 9.17) is 4.74 Å². The number of aromatic nitrogens is 1. The van der Waals surface area contributed by atoms with Gasteiger partial charge in [-0.25, -0.2) is 4.79 Å². The summed E-state index contributed by atoms with van der Waals surface area (Å²) >= 11 is 0. The van der Waals surface area contributed by atoms with Crippen molar-refractivity contribution in [1.29, 1.82) is 0 Å². The topological polar surface area (TPSA) is 74.4 Å². The fourth-order valence-corrected chi connectivity index (χ4v) is 4.00. The number of methoxy groups -OCH3 is 1. The Morgan fingerprint density at radius 3 is 2.81 bits per heavy atom. The van der Waals surface area contributed by atoms with Crippen molar-refractivity contribution >= 4 is 22.6 Å². The quantitative estimate of drug-likeness (QED) is 0.621. The lowest BCUT2D eigenvalue weighted by Crippen LogP contribution is -2.35. The number of carbonyl (C=O) groups is 1. The summed E-state index contributed by atoms with van der Waals surface area (Å²) in [5.41, 5.74) is 5.54. The Kier molecular flexibility index (Phi) is 3.96. The molecule has 0 saturated carbocycles. The number of fused-ring (bicyclic) bond motifs is 5. The number of hydrogen-bond acceptors (Lipinski definition) is 4. The lowest BCUT2D eigenvalue weighted by Gasteiger charge is -2.37.